The monoisotopic (exact) mass is 293 g/mol. The van der Waals surface area contributed by atoms with Crippen molar-refractivity contribution in [3.63, 3.8) is 0 Å². The quantitative estimate of drug-likeness (QED) is 0.556. The van der Waals surface area contributed by atoms with Crippen LogP contribution in [0.5, 0.6) is 0 Å². The number of hydrogen-bond acceptors (Lipinski definition) is 6. The Bertz CT molecular complexity index is 576. The summed E-state index contributed by atoms with van der Waals surface area (Å²) in [6, 6.07) is 1.48. The Morgan fingerprint density at radius 3 is 2.67 bits per heavy atom. The van der Waals surface area contributed by atoms with E-state index >= 15 is 0 Å². The minimum absolute atomic E-state index is 0.210. The van der Waals surface area contributed by atoms with Crippen LogP contribution in [0.25, 0.3) is 0 Å². The van der Waals surface area contributed by atoms with Crippen LogP contribution in [0.15, 0.2) is 17.1 Å². The van der Waals surface area contributed by atoms with E-state index in [1.165, 1.54) is 6.07 Å². The minimum Gasteiger partial charge on any atom is -0.466 e. The second-order valence-corrected chi connectivity index (χ2v) is 4.92. The fourth-order valence-electron chi connectivity index (χ4n) is 2.29. The fourth-order valence-corrected chi connectivity index (χ4v) is 2.29. The average Bonchev–Trinajstić information content (AvgIpc) is 2.95. The van der Waals surface area contributed by atoms with Gasteiger partial charge in [0.1, 0.15) is 13.0 Å². The van der Waals surface area contributed by atoms with Crippen molar-refractivity contribution in [2.45, 2.75) is 32.7 Å². The number of esters is 1. The number of carbonyl (C=O) groups is 2. The van der Waals surface area contributed by atoms with E-state index in [0.717, 1.165) is 36.3 Å². The molecule has 0 N–H and O–H groups in total. The molecule has 0 atom stereocenters. The van der Waals surface area contributed by atoms with Crippen LogP contribution >= 0.6 is 0 Å². The molecule has 0 aromatic carbocycles. The highest BCUT2D eigenvalue weighted by atomic mass is 16.5. The number of anilines is 1. The first-order valence-corrected chi connectivity index (χ1v) is 7.09. The van der Waals surface area contributed by atoms with Gasteiger partial charge in [0.15, 0.2) is 5.78 Å². The molecule has 7 nitrogen and oxygen atoms in total. The molecule has 2 rings (SSSR count). The van der Waals surface area contributed by atoms with Crippen LogP contribution in [0.3, 0.4) is 0 Å². The zero-order chi connectivity index (χ0) is 15.2. The average molecular weight is 293 g/mol. The van der Waals surface area contributed by atoms with Gasteiger partial charge in [0.25, 0.3) is 5.56 Å². The molecule has 0 saturated carbocycles. The van der Waals surface area contributed by atoms with Crippen LogP contribution < -0.4 is 10.5 Å². The Labute approximate surface area is 122 Å². The SMILES string of the molecule is CCOC(=O)CC(=O)Cn1ncc(N2CCCC2)cc1=O. The highest BCUT2D eigenvalue weighted by molar-refractivity contribution is 5.95. The van der Waals surface area contributed by atoms with Gasteiger partial charge in [-0.15, -0.1) is 0 Å². The van der Waals surface area contributed by atoms with Crippen molar-refractivity contribution in [2.75, 3.05) is 24.6 Å². The van der Waals surface area contributed by atoms with Crippen molar-refractivity contribution in [3.8, 4) is 0 Å². The molecule has 0 bridgehead atoms. The standard InChI is InChI=1S/C14H19N3O4/c1-2-21-14(20)8-12(18)10-17-13(19)7-11(9-15-17)16-5-3-4-6-16/h7,9H,2-6,8,10H2,1H3. The molecule has 7 heteroatoms. The lowest BCUT2D eigenvalue weighted by Crippen LogP contribution is -2.29. The number of hydrogen-bond donors (Lipinski definition) is 0. The maximum absolute atomic E-state index is 11.9. The third-order valence-electron chi connectivity index (χ3n) is 3.30. The second kappa shape index (κ2) is 7.01. The van der Waals surface area contributed by atoms with Gasteiger partial charge in [-0.3, -0.25) is 14.4 Å². The first kappa shape index (κ1) is 15.2. The molecule has 0 unspecified atom stereocenters. The smallest absolute Gasteiger partial charge is 0.313 e. The van der Waals surface area contributed by atoms with Crippen molar-refractivity contribution in [1.82, 2.24) is 9.78 Å². The van der Waals surface area contributed by atoms with Crippen LogP contribution in [-0.2, 0) is 20.9 Å². The van der Waals surface area contributed by atoms with Gasteiger partial charge < -0.3 is 9.64 Å². The van der Waals surface area contributed by atoms with Crippen LogP contribution in [0.4, 0.5) is 5.69 Å². The molecule has 0 spiro atoms. The predicted molar refractivity (Wildman–Crippen MR) is 76.2 cm³/mol. The lowest BCUT2D eigenvalue weighted by molar-refractivity contribution is -0.145. The zero-order valence-corrected chi connectivity index (χ0v) is 12.1. The molecule has 0 aliphatic carbocycles. The lowest BCUT2D eigenvalue weighted by atomic mass is 10.3. The van der Waals surface area contributed by atoms with E-state index < -0.39 is 11.8 Å². The zero-order valence-electron chi connectivity index (χ0n) is 12.1. The number of ketones is 1. The number of ether oxygens (including phenoxy) is 1. The molecule has 1 aliphatic heterocycles. The number of rotatable bonds is 6. The summed E-state index contributed by atoms with van der Waals surface area (Å²) in [4.78, 5) is 36.9. The molecule has 1 aromatic rings. The molecule has 21 heavy (non-hydrogen) atoms. The molecular weight excluding hydrogens is 274 g/mol. The van der Waals surface area contributed by atoms with Crippen LogP contribution in [0, 0.1) is 0 Å². The third kappa shape index (κ3) is 4.14. The number of Topliss-reactive ketones (excluding diaryl/α,β-unsaturated/α-hetero) is 1. The number of aromatic nitrogens is 2. The molecule has 1 saturated heterocycles. The molecule has 114 valence electrons. The summed E-state index contributed by atoms with van der Waals surface area (Å²) in [7, 11) is 0. The first-order valence-electron chi connectivity index (χ1n) is 7.09. The van der Waals surface area contributed by atoms with Gasteiger partial charge in [-0.2, -0.15) is 5.10 Å². The Morgan fingerprint density at radius 2 is 2.05 bits per heavy atom. The van der Waals surface area contributed by atoms with Crippen LogP contribution in [0.1, 0.15) is 26.2 Å². The van der Waals surface area contributed by atoms with Gasteiger partial charge in [-0.05, 0) is 19.8 Å². The fraction of sp³-hybridized carbons (Fsp3) is 0.571. The summed E-state index contributed by atoms with van der Waals surface area (Å²) in [5.41, 5.74) is 0.447. The van der Waals surface area contributed by atoms with Crippen molar-refractivity contribution in [2.24, 2.45) is 0 Å². The van der Waals surface area contributed by atoms with Gasteiger partial charge in [-0.25, -0.2) is 4.68 Å². The third-order valence-corrected chi connectivity index (χ3v) is 3.30. The van der Waals surface area contributed by atoms with Crippen LogP contribution in [-0.4, -0.2) is 41.2 Å². The summed E-state index contributed by atoms with van der Waals surface area (Å²) in [5, 5.41) is 4.01. The summed E-state index contributed by atoms with van der Waals surface area (Å²) in [6.07, 6.45) is 3.47. The van der Waals surface area contributed by atoms with Gasteiger partial charge in [-0.1, -0.05) is 0 Å². The molecule has 0 radical (unpaired) electrons. The minimum atomic E-state index is -0.579. The maximum Gasteiger partial charge on any atom is 0.313 e. The van der Waals surface area contributed by atoms with E-state index in [4.69, 9.17) is 4.74 Å². The topological polar surface area (TPSA) is 81.5 Å². The van der Waals surface area contributed by atoms with E-state index in [2.05, 4.69) is 10.00 Å². The Balaban J connectivity index is 1.99. The van der Waals surface area contributed by atoms with Crippen molar-refractivity contribution < 1.29 is 14.3 Å². The largest absolute Gasteiger partial charge is 0.466 e. The highest BCUT2D eigenvalue weighted by Gasteiger charge is 2.15. The van der Waals surface area contributed by atoms with Gasteiger partial charge in [0.05, 0.1) is 18.5 Å². The Morgan fingerprint density at radius 1 is 1.33 bits per heavy atom. The summed E-state index contributed by atoms with van der Waals surface area (Å²) in [6.45, 7) is 3.54. The summed E-state index contributed by atoms with van der Waals surface area (Å²) < 4.78 is 5.76. The maximum atomic E-state index is 11.9. The molecule has 0 amide bonds. The van der Waals surface area contributed by atoms with E-state index in [0.29, 0.717) is 0 Å². The van der Waals surface area contributed by atoms with Crippen molar-refractivity contribution in [1.29, 1.82) is 0 Å². The Kier molecular flexibility index (Phi) is 5.08. The summed E-state index contributed by atoms with van der Waals surface area (Å²) >= 11 is 0. The molecule has 1 aromatic heterocycles. The predicted octanol–water partition coefficient (Wildman–Crippen LogP) is 0.366. The van der Waals surface area contributed by atoms with Crippen molar-refractivity contribution >= 4 is 17.4 Å². The molecule has 1 aliphatic rings. The normalized spacial score (nSPS) is 14.2. The number of nitrogens with zero attached hydrogens (tertiary/aromatic N) is 3. The molecule has 2 heterocycles. The van der Waals surface area contributed by atoms with Crippen LogP contribution in [0.2, 0.25) is 0 Å². The lowest BCUT2D eigenvalue weighted by Gasteiger charge is -2.16. The van der Waals surface area contributed by atoms with E-state index in [-0.39, 0.29) is 25.1 Å². The van der Waals surface area contributed by atoms with Gasteiger partial charge >= 0.3 is 5.97 Å². The number of carbonyl (C=O) groups excluding carboxylic acids is 2. The second-order valence-electron chi connectivity index (χ2n) is 4.92. The van der Waals surface area contributed by atoms with Gasteiger partial charge in [0, 0.05) is 19.2 Å². The van der Waals surface area contributed by atoms with E-state index in [9.17, 15) is 14.4 Å². The highest BCUT2D eigenvalue weighted by Crippen LogP contribution is 2.16. The molecule has 1 fully saturated rings. The van der Waals surface area contributed by atoms with Gasteiger partial charge in [0.2, 0.25) is 0 Å². The van der Waals surface area contributed by atoms with Crippen molar-refractivity contribution in [3.05, 3.63) is 22.6 Å². The van der Waals surface area contributed by atoms with E-state index in [1.807, 2.05) is 0 Å². The van der Waals surface area contributed by atoms with E-state index in [1.54, 1.807) is 13.1 Å². The molecular formula is C14H19N3O4. The first-order chi connectivity index (χ1) is 10.1. The Hall–Kier alpha value is -2.18. The summed E-state index contributed by atoms with van der Waals surface area (Å²) in [5.74, 6) is -0.971.